The van der Waals surface area contributed by atoms with Crippen LogP contribution in [-0.4, -0.2) is 18.5 Å². The molecule has 1 aromatic rings. The summed E-state index contributed by atoms with van der Waals surface area (Å²) in [5.74, 6) is -0.212. The molecule has 0 aromatic heterocycles. The van der Waals surface area contributed by atoms with E-state index in [2.05, 4.69) is 6.92 Å². The molecule has 0 aliphatic carbocycles. The molecule has 4 heteroatoms. The predicted octanol–water partition coefficient (Wildman–Crippen LogP) is 4.45. The molecule has 128 valence electrons. The van der Waals surface area contributed by atoms with Crippen LogP contribution in [0, 0.1) is 0 Å². The Morgan fingerprint density at radius 3 is 2.43 bits per heavy atom. The molecular weight excluding hydrogens is 292 g/mol. The van der Waals surface area contributed by atoms with E-state index in [1.807, 2.05) is 25.1 Å². The number of aryl methyl sites for hydroxylation is 1. The minimum Gasteiger partial charge on any atom is -0.466 e. The van der Waals surface area contributed by atoms with Gasteiger partial charge in [0.2, 0.25) is 0 Å². The summed E-state index contributed by atoms with van der Waals surface area (Å²) < 4.78 is 10.3. The molecule has 0 radical (unpaired) electrons. The molecule has 0 bridgehead atoms. The summed E-state index contributed by atoms with van der Waals surface area (Å²) in [5.41, 5.74) is 1.11. The zero-order valence-corrected chi connectivity index (χ0v) is 14.3. The highest BCUT2D eigenvalue weighted by Gasteiger charge is 2.10. The third-order valence-corrected chi connectivity index (χ3v) is 3.58. The van der Waals surface area contributed by atoms with Crippen molar-refractivity contribution in [2.75, 3.05) is 6.61 Å². The van der Waals surface area contributed by atoms with Gasteiger partial charge in [0.15, 0.2) is 0 Å². The number of hydrogen-bond donors (Lipinski definition) is 0. The molecule has 0 saturated carbocycles. The van der Waals surface area contributed by atoms with Crippen molar-refractivity contribution in [3.63, 3.8) is 0 Å². The van der Waals surface area contributed by atoms with Gasteiger partial charge >= 0.3 is 11.9 Å². The van der Waals surface area contributed by atoms with Crippen molar-refractivity contribution < 1.29 is 19.1 Å². The second-order valence-corrected chi connectivity index (χ2v) is 5.61. The molecule has 4 nitrogen and oxygen atoms in total. The first kappa shape index (κ1) is 19.2. The van der Waals surface area contributed by atoms with Crippen molar-refractivity contribution in [1.29, 1.82) is 0 Å². The fraction of sp³-hybridized carbons (Fsp3) is 0.579. The van der Waals surface area contributed by atoms with Gasteiger partial charge in [-0.1, -0.05) is 51.7 Å². The number of hydrogen-bond acceptors (Lipinski definition) is 4. The maximum atomic E-state index is 11.7. The first-order chi connectivity index (χ1) is 11.2. The van der Waals surface area contributed by atoms with Gasteiger partial charge in [-0.3, -0.25) is 9.59 Å². The number of esters is 2. The van der Waals surface area contributed by atoms with Gasteiger partial charge in [-0.2, -0.15) is 0 Å². The summed E-state index contributed by atoms with van der Waals surface area (Å²) in [6.07, 6.45) is 6.57. The quantitative estimate of drug-likeness (QED) is 0.343. The van der Waals surface area contributed by atoms with Crippen LogP contribution in [0.2, 0.25) is 0 Å². The van der Waals surface area contributed by atoms with E-state index in [1.165, 1.54) is 19.3 Å². The molecule has 0 heterocycles. The molecular formula is C19H28O4. The highest BCUT2D eigenvalue weighted by molar-refractivity contribution is 5.79. The normalized spacial score (nSPS) is 10.3. The summed E-state index contributed by atoms with van der Waals surface area (Å²) >= 11 is 0. The predicted molar refractivity (Wildman–Crippen MR) is 90.4 cm³/mol. The van der Waals surface area contributed by atoms with Crippen LogP contribution >= 0.6 is 0 Å². The highest BCUT2D eigenvalue weighted by atomic mass is 16.5. The smallest absolute Gasteiger partial charge is 0.311 e. The second-order valence-electron chi connectivity index (χ2n) is 5.61. The van der Waals surface area contributed by atoms with E-state index in [-0.39, 0.29) is 18.8 Å². The van der Waals surface area contributed by atoms with Gasteiger partial charge in [0, 0.05) is 0 Å². The van der Waals surface area contributed by atoms with E-state index in [0.717, 1.165) is 24.8 Å². The van der Waals surface area contributed by atoms with Gasteiger partial charge in [0.1, 0.15) is 5.75 Å². The fourth-order valence-corrected chi connectivity index (χ4v) is 2.18. The summed E-state index contributed by atoms with van der Waals surface area (Å²) in [6, 6.07) is 7.42. The largest absolute Gasteiger partial charge is 0.466 e. The molecule has 0 amide bonds. The number of carbonyl (C=O) groups is 2. The van der Waals surface area contributed by atoms with Gasteiger partial charge in [-0.05, 0) is 30.5 Å². The summed E-state index contributed by atoms with van der Waals surface area (Å²) in [6.45, 7) is 4.65. The second kappa shape index (κ2) is 11.7. The molecule has 0 atom stereocenters. The number of unbranched alkanes of at least 4 members (excludes halogenated alkanes) is 4. The van der Waals surface area contributed by atoms with Crippen LogP contribution in [-0.2, 0) is 20.7 Å². The van der Waals surface area contributed by atoms with Gasteiger partial charge in [-0.15, -0.1) is 0 Å². The van der Waals surface area contributed by atoms with E-state index in [0.29, 0.717) is 12.4 Å². The van der Waals surface area contributed by atoms with E-state index in [4.69, 9.17) is 9.47 Å². The minimum absolute atomic E-state index is 0.0466. The molecule has 0 saturated heterocycles. The highest BCUT2D eigenvalue weighted by Crippen LogP contribution is 2.14. The summed E-state index contributed by atoms with van der Waals surface area (Å²) in [5, 5.41) is 0. The van der Waals surface area contributed by atoms with Crippen molar-refractivity contribution in [3.8, 4) is 5.75 Å². The van der Waals surface area contributed by atoms with Crippen molar-refractivity contribution in [1.82, 2.24) is 0 Å². The fourth-order valence-electron chi connectivity index (χ4n) is 2.18. The first-order valence-corrected chi connectivity index (χ1v) is 8.61. The van der Waals surface area contributed by atoms with E-state index in [1.54, 1.807) is 6.07 Å². The van der Waals surface area contributed by atoms with Crippen LogP contribution in [0.5, 0.6) is 5.75 Å². The first-order valence-electron chi connectivity index (χ1n) is 8.61. The Morgan fingerprint density at radius 1 is 0.957 bits per heavy atom. The number of benzene rings is 1. The minimum atomic E-state index is -0.404. The van der Waals surface area contributed by atoms with E-state index < -0.39 is 5.97 Å². The average molecular weight is 320 g/mol. The average Bonchev–Trinajstić information content (AvgIpc) is 2.56. The zero-order valence-electron chi connectivity index (χ0n) is 14.3. The number of rotatable bonds is 11. The van der Waals surface area contributed by atoms with E-state index >= 15 is 0 Å². The van der Waals surface area contributed by atoms with Crippen molar-refractivity contribution in [3.05, 3.63) is 29.8 Å². The molecule has 1 aromatic carbocycles. The lowest BCUT2D eigenvalue weighted by Gasteiger charge is -2.06. The molecule has 23 heavy (non-hydrogen) atoms. The Morgan fingerprint density at radius 2 is 1.70 bits per heavy atom. The molecule has 0 aliphatic rings. The van der Waals surface area contributed by atoms with Crippen LogP contribution in [0.1, 0.15) is 64.4 Å². The van der Waals surface area contributed by atoms with Gasteiger partial charge in [0.05, 0.1) is 19.4 Å². The number of ether oxygens (including phenoxy) is 2. The standard InChI is InChI=1S/C19H28O4/c1-3-5-6-7-8-14-22-18(20)12-13-19(21)23-17-11-9-10-16(4-2)15-17/h9-11,15H,3-8,12-14H2,1-2H3. The Hall–Kier alpha value is -1.84. The number of carbonyl (C=O) groups excluding carboxylic acids is 2. The van der Waals surface area contributed by atoms with Crippen molar-refractivity contribution in [2.24, 2.45) is 0 Å². The Bertz CT molecular complexity index is 482. The van der Waals surface area contributed by atoms with Crippen molar-refractivity contribution in [2.45, 2.75) is 65.2 Å². The summed E-state index contributed by atoms with van der Waals surface area (Å²) in [4.78, 5) is 23.3. The monoisotopic (exact) mass is 320 g/mol. The molecule has 0 fully saturated rings. The lowest BCUT2D eigenvalue weighted by atomic mass is 10.2. The van der Waals surface area contributed by atoms with Crippen LogP contribution in [0.4, 0.5) is 0 Å². The Labute approximate surface area is 139 Å². The Balaban J connectivity index is 2.16. The molecule has 0 N–H and O–H groups in total. The third-order valence-electron chi connectivity index (χ3n) is 3.58. The molecule has 0 spiro atoms. The molecule has 0 aliphatic heterocycles. The van der Waals surface area contributed by atoms with Crippen LogP contribution < -0.4 is 4.74 Å². The third kappa shape index (κ3) is 9.01. The topological polar surface area (TPSA) is 52.6 Å². The van der Waals surface area contributed by atoms with Gasteiger partial charge in [-0.25, -0.2) is 0 Å². The van der Waals surface area contributed by atoms with Crippen LogP contribution in [0.15, 0.2) is 24.3 Å². The Kier molecular flexibility index (Phi) is 9.76. The SMILES string of the molecule is CCCCCCCOC(=O)CCC(=O)Oc1cccc(CC)c1. The lowest BCUT2D eigenvalue weighted by molar-refractivity contribution is -0.147. The molecule has 0 unspecified atom stereocenters. The van der Waals surface area contributed by atoms with Crippen molar-refractivity contribution >= 4 is 11.9 Å². The maximum Gasteiger partial charge on any atom is 0.311 e. The molecule has 1 rings (SSSR count). The van der Waals surface area contributed by atoms with Crippen LogP contribution in [0.3, 0.4) is 0 Å². The van der Waals surface area contributed by atoms with Gasteiger partial charge in [0.25, 0.3) is 0 Å². The van der Waals surface area contributed by atoms with Gasteiger partial charge < -0.3 is 9.47 Å². The van der Waals surface area contributed by atoms with Crippen LogP contribution in [0.25, 0.3) is 0 Å². The zero-order chi connectivity index (χ0) is 16.9. The van der Waals surface area contributed by atoms with E-state index in [9.17, 15) is 9.59 Å². The maximum absolute atomic E-state index is 11.7. The lowest BCUT2D eigenvalue weighted by Crippen LogP contribution is -2.13. The summed E-state index contributed by atoms with van der Waals surface area (Å²) in [7, 11) is 0.